The van der Waals surface area contributed by atoms with Gasteiger partial charge in [-0.25, -0.2) is 17.7 Å². The smallest absolute Gasteiger partial charge is 0.253 e. The molecule has 1 aromatic heterocycles. The highest BCUT2D eigenvalue weighted by Gasteiger charge is 2.24. The van der Waals surface area contributed by atoms with Gasteiger partial charge in [-0.05, 0) is 48.8 Å². The number of carbonyl (C=O) groups excluding carboxylic acids is 1. The van der Waals surface area contributed by atoms with Crippen LogP contribution in [0.2, 0.25) is 5.02 Å². The summed E-state index contributed by atoms with van der Waals surface area (Å²) in [4.78, 5) is 20.9. The SMILES string of the molecule is CSCC[C@@H](NC(=O)c1cc(S(=O)(=O)N(C)C)ccc1Cl)c1nc2ccccc2[nH]1. The van der Waals surface area contributed by atoms with Crippen molar-refractivity contribution in [2.75, 3.05) is 26.1 Å². The van der Waals surface area contributed by atoms with Crippen LogP contribution in [0.1, 0.15) is 28.6 Å². The number of sulfonamides is 1. The van der Waals surface area contributed by atoms with Gasteiger partial charge in [0.05, 0.1) is 32.6 Å². The van der Waals surface area contributed by atoms with Gasteiger partial charge < -0.3 is 10.3 Å². The predicted octanol–water partition coefficient (Wildman–Crippen LogP) is 3.69. The molecule has 0 saturated carbocycles. The van der Waals surface area contributed by atoms with Crippen molar-refractivity contribution >= 4 is 50.3 Å². The first-order valence-corrected chi connectivity index (χ1v) is 12.4. The number of rotatable bonds is 8. The minimum atomic E-state index is -3.69. The van der Waals surface area contributed by atoms with Gasteiger partial charge in [-0.3, -0.25) is 4.79 Å². The Balaban J connectivity index is 1.92. The molecule has 0 aliphatic carbocycles. The number of thioether (sulfide) groups is 1. The number of carbonyl (C=O) groups is 1. The highest BCUT2D eigenvalue weighted by atomic mass is 35.5. The van der Waals surface area contributed by atoms with Crippen molar-refractivity contribution in [3.63, 3.8) is 0 Å². The lowest BCUT2D eigenvalue weighted by Crippen LogP contribution is -2.30. The fourth-order valence-corrected chi connectivity index (χ4v) is 4.54. The summed E-state index contributed by atoms with van der Waals surface area (Å²) in [6.45, 7) is 0. The molecule has 30 heavy (non-hydrogen) atoms. The summed E-state index contributed by atoms with van der Waals surface area (Å²) in [6.07, 6.45) is 2.64. The van der Waals surface area contributed by atoms with Gasteiger partial charge in [-0.2, -0.15) is 11.8 Å². The van der Waals surface area contributed by atoms with E-state index >= 15 is 0 Å². The molecule has 0 aliphatic rings. The molecular weight excluding hydrogens is 444 g/mol. The number of para-hydroxylation sites is 2. The molecule has 3 rings (SSSR count). The van der Waals surface area contributed by atoms with Crippen molar-refractivity contribution < 1.29 is 13.2 Å². The number of imidazole rings is 1. The van der Waals surface area contributed by atoms with E-state index in [4.69, 9.17) is 11.6 Å². The Morgan fingerprint density at radius 3 is 2.67 bits per heavy atom. The van der Waals surface area contributed by atoms with E-state index in [1.165, 1.54) is 32.3 Å². The van der Waals surface area contributed by atoms with Crippen molar-refractivity contribution in [2.45, 2.75) is 17.4 Å². The molecule has 0 saturated heterocycles. The van der Waals surface area contributed by atoms with Crippen LogP contribution in [0.4, 0.5) is 0 Å². The number of fused-ring (bicyclic) bond motifs is 1. The molecule has 7 nitrogen and oxygen atoms in total. The van der Waals surface area contributed by atoms with E-state index in [1.807, 2.05) is 30.5 Å². The molecule has 1 atom stereocenters. The van der Waals surface area contributed by atoms with Gasteiger partial charge in [-0.1, -0.05) is 23.7 Å². The van der Waals surface area contributed by atoms with E-state index in [2.05, 4.69) is 15.3 Å². The molecule has 2 aromatic carbocycles. The molecule has 0 bridgehead atoms. The zero-order chi connectivity index (χ0) is 21.9. The number of amides is 1. The summed E-state index contributed by atoms with van der Waals surface area (Å²) in [5.41, 5.74) is 1.80. The van der Waals surface area contributed by atoms with Gasteiger partial charge in [0.15, 0.2) is 0 Å². The third-order valence-corrected chi connectivity index (χ3v) is 7.40. The lowest BCUT2D eigenvalue weighted by atomic mass is 10.1. The highest BCUT2D eigenvalue weighted by molar-refractivity contribution is 7.98. The van der Waals surface area contributed by atoms with E-state index in [0.717, 1.165) is 21.1 Å². The van der Waals surface area contributed by atoms with E-state index in [-0.39, 0.29) is 21.5 Å². The Kier molecular flexibility index (Phi) is 7.07. The van der Waals surface area contributed by atoms with Crippen LogP contribution < -0.4 is 5.32 Å². The molecule has 3 aromatic rings. The Labute approximate surface area is 185 Å². The third-order valence-electron chi connectivity index (χ3n) is 4.61. The summed E-state index contributed by atoms with van der Waals surface area (Å²) in [5, 5.41) is 3.13. The molecule has 1 heterocycles. The summed E-state index contributed by atoms with van der Waals surface area (Å²) in [6, 6.07) is 11.4. The summed E-state index contributed by atoms with van der Waals surface area (Å²) in [5.74, 6) is 0.999. The maximum atomic E-state index is 13.0. The average Bonchev–Trinajstić information content (AvgIpc) is 3.15. The van der Waals surface area contributed by atoms with Crippen LogP contribution in [0.3, 0.4) is 0 Å². The largest absolute Gasteiger partial charge is 0.342 e. The maximum Gasteiger partial charge on any atom is 0.253 e. The topological polar surface area (TPSA) is 95.2 Å². The molecule has 1 amide bonds. The fourth-order valence-electron chi connectivity index (χ4n) is 2.94. The number of halogens is 1. The first kappa shape index (κ1) is 22.6. The second-order valence-electron chi connectivity index (χ2n) is 6.88. The number of benzene rings is 2. The van der Waals surface area contributed by atoms with E-state index < -0.39 is 15.9 Å². The molecule has 0 radical (unpaired) electrons. The first-order chi connectivity index (χ1) is 14.2. The van der Waals surface area contributed by atoms with Crippen LogP contribution in [0.5, 0.6) is 0 Å². The average molecular weight is 467 g/mol. The quantitative estimate of drug-likeness (QED) is 0.528. The van der Waals surface area contributed by atoms with Gasteiger partial charge >= 0.3 is 0 Å². The number of hydrogen-bond acceptors (Lipinski definition) is 5. The number of aromatic amines is 1. The van der Waals surface area contributed by atoms with Crippen molar-refractivity contribution in [1.82, 2.24) is 19.6 Å². The monoisotopic (exact) mass is 466 g/mol. The van der Waals surface area contributed by atoms with Crippen LogP contribution in [0.15, 0.2) is 47.4 Å². The molecule has 160 valence electrons. The van der Waals surface area contributed by atoms with Crippen molar-refractivity contribution in [2.24, 2.45) is 0 Å². The van der Waals surface area contributed by atoms with Crippen LogP contribution >= 0.6 is 23.4 Å². The molecule has 10 heteroatoms. The standard InChI is InChI=1S/C20H23ClN4O3S2/c1-25(2)30(27,28)13-8-9-15(21)14(12-13)20(26)24-18(10-11-29-3)19-22-16-6-4-5-7-17(16)23-19/h4-9,12,18H,10-11H2,1-3H3,(H,22,23)(H,24,26)/t18-/m1/s1. The normalized spacial score (nSPS) is 13.0. The van der Waals surface area contributed by atoms with E-state index in [0.29, 0.717) is 12.2 Å². The van der Waals surface area contributed by atoms with Gasteiger partial charge in [0.2, 0.25) is 10.0 Å². The second kappa shape index (κ2) is 9.38. The second-order valence-corrected chi connectivity index (χ2v) is 10.4. The lowest BCUT2D eigenvalue weighted by Gasteiger charge is -2.18. The Morgan fingerprint density at radius 2 is 2.00 bits per heavy atom. The zero-order valence-electron chi connectivity index (χ0n) is 16.8. The van der Waals surface area contributed by atoms with Crippen LogP contribution in [0, 0.1) is 0 Å². The summed E-state index contributed by atoms with van der Waals surface area (Å²) >= 11 is 7.88. The molecule has 0 spiro atoms. The lowest BCUT2D eigenvalue weighted by molar-refractivity contribution is 0.0934. The summed E-state index contributed by atoms with van der Waals surface area (Å²) in [7, 11) is -0.821. The number of hydrogen-bond donors (Lipinski definition) is 2. The number of nitrogens with zero attached hydrogens (tertiary/aromatic N) is 2. The first-order valence-electron chi connectivity index (χ1n) is 9.20. The van der Waals surface area contributed by atoms with Gasteiger partial charge in [-0.15, -0.1) is 0 Å². The zero-order valence-corrected chi connectivity index (χ0v) is 19.2. The summed E-state index contributed by atoms with van der Waals surface area (Å²) < 4.78 is 26.0. The van der Waals surface area contributed by atoms with E-state index in [1.54, 1.807) is 11.8 Å². The minimum absolute atomic E-state index is 0.00597. The Bertz CT molecular complexity index is 1130. The van der Waals surface area contributed by atoms with Crippen molar-refractivity contribution in [3.05, 3.63) is 58.9 Å². The third kappa shape index (κ3) is 4.80. The molecule has 0 aliphatic heterocycles. The Hall–Kier alpha value is -2.07. The van der Waals surface area contributed by atoms with Gasteiger partial charge in [0.25, 0.3) is 5.91 Å². The predicted molar refractivity (Wildman–Crippen MR) is 122 cm³/mol. The Morgan fingerprint density at radius 1 is 1.27 bits per heavy atom. The minimum Gasteiger partial charge on any atom is -0.342 e. The molecule has 0 unspecified atom stereocenters. The van der Waals surface area contributed by atoms with Crippen LogP contribution in [0.25, 0.3) is 11.0 Å². The molecule has 2 N–H and O–H groups in total. The fraction of sp³-hybridized carbons (Fsp3) is 0.300. The molecule has 0 fully saturated rings. The maximum absolute atomic E-state index is 13.0. The van der Waals surface area contributed by atoms with Crippen molar-refractivity contribution in [1.29, 1.82) is 0 Å². The van der Waals surface area contributed by atoms with Crippen LogP contribution in [-0.2, 0) is 10.0 Å². The number of aromatic nitrogens is 2. The molecular formula is C20H23ClN4O3S2. The van der Waals surface area contributed by atoms with Crippen LogP contribution in [-0.4, -0.2) is 54.7 Å². The number of nitrogens with one attached hydrogen (secondary N) is 2. The van der Waals surface area contributed by atoms with Crippen molar-refractivity contribution in [3.8, 4) is 0 Å². The van der Waals surface area contributed by atoms with E-state index in [9.17, 15) is 13.2 Å². The van der Waals surface area contributed by atoms with Gasteiger partial charge in [0.1, 0.15) is 5.82 Å². The van der Waals surface area contributed by atoms with Gasteiger partial charge in [0, 0.05) is 14.1 Å². The highest BCUT2D eigenvalue weighted by Crippen LogP contribution is 2.25. The number of H-pyrrole nitrogens is 1.